The summed E-state index contributed by atoms with van der Waals surface area (Å²) in [5, 5.41) is 21.2. The van der Waals surface area contributed by atoms with E-state index >= 15 is 0 Å². The van der Waals surface area contributed by atoms with Crippen molar-refractivity contribution in [2.45, 2.75) is 12.5 Å². The average molecular weight is 344 g/mol. The molecule has 0 aromatic heterocycles. The highest BCUT2D eigenvalue weighted by Crippen LogP contribution is 2.35. The maximum absolute atomic E-state index is 11.3. The van der Waals surface area contributed by atoms with E-state index < -0.39 is 24.3 Å². The van der Waals surface area contributed by atoms with Crippen LogP contribution in [0.1, 0.15) is 18.0 Å². The fraction of sp³-hybridized carbons (Fsp3) is 0.273. The number of carboxylic acids is 1. The number of amides is 1. The van der Waals surface area contributed by atoms with Gasteiger partial charge in [-0.25, -0.2) is 0 Å². The van der Waals surface area contributed by atoms with Gasteiger partial charge in [-0.1, -0.05) is 23.2 Å². The van der Waals surface area contributed by atoms with Crippen LogP contribution in [0.5, 0.6) is 5.75 Å². The van der Waals surface area contributed by atoms with E-state index in [-0.39, 0.29) is 40.3 Å². The summed E-state index contributed by atoms with van der Waals surface area (Å²) in [6.45, 7) is -0.300. The third-order valence-corrected chi connectivity index (χ3v) is 2.84. The molecule has 0 aliphatic rings. The number of carbonyl (C=O) groups excluding carboxylic acids is 1. The first-order chi connectivity index (χ1) is 8.85. The van der Waals surface area contributed by atoms with E-state index in [0.717, 1.165) is 0 Å². The Labute approximate surface area is 131 Å². The van der Waals surface area contributed by atoms with Crippen molar-refractivity contribution in [3.8, 4) is 5.75 Å². The van der Waals surface area contributed by atoms with Crippen LogP contribution in [0.15, 0.2) is 12.1 Å². The third-order valence-electron chi connectivity index (χ3n) is 2.33. The Morgan fingerprint density at radius 2 is 1.95 bits per heavy atom. The highest BCUT2D eigenvalue weighted by Gasteiger charge is 2.22. The Bertz CT molecular complexity index is 511. The summed E-state index contributed by atoms with van der Waals surface area (Å²) in [6, 6.07) is 1.68. The summed E-state index contributed by atoms with van der Waals surface area (Å²) in [6.07, 6.45) is -0.435. The molecule has 0 aliphatic heterocycles. The third kappa shape index (κ3) is 5.05. The van der Waals surface area contributed by atoms with E-state index in [2.05, 4.69) is 5.32 Å². The number of phenols is 1. The molecule has 1 atom stereocenters. The van der Waals surface area contributed by atoms with Crippen molar-refractivity contribution in [2.24, 2.45) is 5.73 Å². The van der Waals surface area contributed by atoms with Gasteiger partial charge in [-0.15, -0.1) is 12.4 Å². The van der Waals surface area contributed by atoms with Gasteiger partial charge >= 0.3 is 5.97 Å². The first kappa shape index (κ1) is 18.8. The number of halogens is 3. The number of nitrogens with two attached hydrogens (primary N) is 1. The molecule has 1 amide bonds. The molecule has 0 saturated carbocycles. The molecule has 20 heavy (non-hydrogen) atoms. The normalized spacial score (nSPS) is 11.3. The number of benzene rings is 1. The molecule has 0 bridgehead atoms. The van der Waals surface area contributed by atoms with Crippen LogP contribution in [0.3, 0.4) is 0 Å². The van der Waals surface area contributed by atoms with Crippen molar-refractivity contribution < 1.29 is 19.8 Å². The van der Waals surface area contributed by atoms with E-state index in [4.69, 9.17) is 34.0 Å². The molecule has 0 unspecified atom stereocenters. The first-order valence-corrected chi connectivity index (χ1v) is 6.00. The first-order valence-electron chi connectivity index (χ1n) is 5.24. The minimum absolute atomic E-state index is 0. The van der Waals surface area contributed by atoms with Gasteiger partial charge in [-0.05, 0) is 12.1 Å². The molecule has 5 N–H and O–H groups in total. The van der Waals surface area contributed by atoms with Gasteiger partial charge in [-0.2, -0.15) is 0 Å². The highest BCUT2D eigenvalue weighted by molar-refractivity contribution is 6.35. The number of carbonyl (C=O) groups is 2. The lowest BCUT2D eigenvalue weighted by atomic mass is 10.0. The van der Waals surface area contributed by atoms with Crippen molar-refractivity contribution in [3.63, 3.8) is 0 Å². The van der Waals surface area contributed by atoms with E-state index in [1.165, 1.54) is 12.1 Å². The molecule has 0 aliphatic carbocycles. The van der Waals surface area contributed by atoms with Crippen molar-refractivity contribution in [3.05, 3.63) is 27.7 Å². The number of phenolic OH excluding ortho intramolecular Hbond substituents is 1. The Balaban J connectivity index is 0.00000361. The number of carboxylic acid groups (broad SMARTS) is 1. The second-order valence-corrected chi connectivity index (χ2v) is 4.59. The average Bonchev–Trinajstić information content (AvgIpc) is 2.32. The van der Waals surface area contributed by atoms with Gasteiger partial charge in [0.2, 0.25) is 5.91 Å². The molecule has 0 heterocycles. The van der Waals surface area contributed by atoms with Gasteiger partial charge in [0.05, 0.1) is 24.0 Å². The van der Waals surface area contributed by atoms with Crippen LogP contribution in [0, 0.1) is 0 Å². The zero-order valence-electron chi connectivity index (χ0n) is 10.1. The minimum Gasteiger partial charge on any atom is -0.506 e. The largest absolute Gasteiger partial charge is 0.506 e. The topological polar surface area (TPSA) is 113 Å². The molecule has 1 aromatic rings. The summed E-state index contributed by atoms with van der Waals surface area (Å²) >= 11 is 11.5. The Kier molecular flexibility index (Phi) is 7.67. The monoisotopic (exact) mass is 342 g/mol. The van der Waals surface area contributed by atoms with E-state index in [0.29, 0.717) is 0 Å². The Morgan fingerprint density at radius 3 is 2.45 bits per heavy atom. The van der Waals surface area contributed by atoms with E-state index in [1.54, 1.807) is 0 Å². The van der Waals surface area contributed by atoms with Crippen LogP contribution < -0.4 is 11.1 Å². The predicted molar refractivity (Wildman–Crippen MR) is 77.6 cm³/mol. The molecular formula is C11H13Cl3N2O4. The van der Waals surface area contributed by atoms with Gasteiger partial charge in [0.25, 0.3) is 0 Å². The fourth-order valence-corrected chi connectivity index (χ4v) is 2.03. The lowest BCUT2D eigenvalue weighted by Crippen LogP contribution is -2.34. The van der Waals surface area contributed by atoms with Crippen LogP contribution in [-0.2, 0) is 9.59 Å². The molecular weight excluding hydrogens is 330 g/mol. The molecule has 1 aromatic carbocycles. The van der Waals surface area contributed by atoms with Gasteiger partial charge in [-0.3, -0.25) is 9.59 Å². The number of hydrogen-bond donors (Lipinski definition) is 4. The lowest BCUT2D eigenvalue weighted by molar-refractivity contribution is -0.137. The summed E-state index contributed by atoms with van der Waals surface area (Å²) in [4.78, 5) is 22.1. The molecule has 0 spiro atoms. The van der Waals surface area contributed by atoms with Crippen molar-refractivity contribution >= 4 is 47.5 Å². The van der Waals surface area contributed by atoms with Gasteiger partial charge in [0.15, 0.2) is 0 Å². The number of hydrogen-bond acceptors (Lipinski definition) is 4. The Morgan fingerprint density at radius 1 is 1.35 bits per heavy atom. The van der Waals surface area contributed by atoms with Crippen LogP contribution in [0.25, 0.3) is 0 Å². The van der Waals surface area contributed by atoms with Crippen LogP contribution in [0.2, 0.25) is 10.0 Å². The van der Waals surface area contributed by atoms with Crippen molar-refractivity contribution in [1.29, 1.82) is 0 Å². The zero-order chi connectivity index (χ0) is 14.6. The molecule has 9 heteroatoms. The number of rotatable bonds is 5. The lowest BCUT2D eigenvalue weighted by Gasteiger charge is -2.19. The van der Waals surface area contributed by atoms with Crippen LogP contribution in [0.4, 0.5) is 0 Å². The maximum atomic E-state index is 11.3. The van der Waals surface area contributed by atoms with Gasteiger partial charge < -0.3 is 21.3 Å². The molecule has 112 valence electrons. The number of aliphatic carboxylic acids is 1. The second-order valence-electron chi connectivity index (χ2n) is 3.75. The Hall–Kier alpha value is -1.21. The van der Waals surface area contributed by atoms with Crippen LogP contribution >= 0.6 is 35.6 Å². The highest BCUT2D eigenvalue weighted by atomic mass is 35.5. The summed E-state index contributed by atoms with van der Waals surface area (Å²) in [7, 11) is 0. The molecule has 0 fully saturated rings. The van der Waals surface area contributed by atoms with Crippen molar-refractivity contribution in [1.82, 2.24) is 5.32 Å². The standard InChI is InChI=1S/C11H12Cl2N2O4.ClH/c12-5-1-6(11(19)7(13)2-5)8(3-10(17)18)15-9(16)4-14;/h1-2,8,19H,3-4,14H2,(H,15,16)(H,17,18);1H/t8-;/m1./s1. The molecule has 0 saturated heterocycles. The second kappa shape index (κ2) is 8.16. The zero-order valence-corrected chi connectivity index (χ0v) is 12.4. The fourth-order valence-electron chi connectivity index (χ4n) is 1.52. The van der Waals surface area contributed by atoms with Crippen molar-refractivity contribution in [2.75, 3.05) is 6.54 Å². The summed E-state index contributed by atoms with van der Waals surface area (Å²) in [5.41, 5.74) is 5.28. The molecule has 6 nitrogen and oxygen atoms in total. The van der Waals surface area contributed by atoms with E-state index in [1.807, 2.05) is 0 Å². The summed E-state index contributed by atoms with van der Waals surface area (Å²) < 4.78 is 0. The smallest absolute Gasteiger partial charge is 0.305 e. The predicted octanol–water partition coefficient (Wildman–Crippen LogP) is 1.71. The van der Waals surface area contributed by atoms with Gasteiger partial charge in [0, 0.05) is 10.6 Å². The van der Waals surface area contributed by atoms with Crippen LogP contribution in [-0.4, -0.2) is 28.6 Å². The quantitative estimate of drug-likeness (QED) is 0.650. The van der Waals surface area contributed by atoms with E-state index in [9.17, 15) is 14.7 Å². The summed E-state index contributed by atoms with van der Waals surface area (Å²) in [5.74, 6) is -2.03. The number of nitrogens with one attached hydrogen (secondary N) is 1. The maximum Gasteiger partial charge on any atom is 0.305 e. The molecule has 0 radical (unpaired) electrons. The minimum atomic E-state index is -1.15. The van der Waals surface area contributed by atoms with Gasteiger partial charge in [0.1, 0.15) is 5.75 Å². The number of aromatic hydroxyl groups is 1. The SMILES string of the molecule is Cl.NCC(=O)N[C@H](CC(=O)O)c1cc(Cl)cc(Cl)c1O. The molecule has 1 rings (SSSR count).